The lowest BCUT2D eigenvalue weighted by atomic mass is 10.2. The second-order valence-electron chi connectivity index (χ2n) is 5.09. The Labute approximate surface area is 122 Å². The van der Waals surface area contributed by atoms with Crippen LogP contribution >= 0.6 is 0 Å². The van der Waals surface area contributed by atoms with Gasteiger partial charge in [0.05, 0.1) is 0 Å². The van der Waals surface area contributed by atoms with Gasteiger partial charge in [0.1, 0.15) is 6.04 Å². The molecule has 0 aliphatic carbocycles. The van der Waals surface area contributed by atoms with E-state index in [0.29, 0.717) is 12.5 Å². The third kappa shape index (κ3) is 4.94. The van der Waals surface area contributed by atoms with Gasteiger partial charge >= 0.3 is 5.97 Å². The number of rotatable bonds is 7. The number of nitrogens with zero attached hydrogens (tertiary/aromatic N) is 1. The number of carbonyl (C=O) groups is 2. The molecule has 1 aromatic rings. The van der Waals surface area contributed by atoms with Gasteiger partial charge in [0, 0.05) is 12.7 Å². The molecule has 0 saturated heterocycles. The molecular formula is C14H20N2O5. The zero-order valence-electron chi connectivity index (χ0n) is 12.3. The molecule has 1 heterocycles. The van der Waals surface area contributed by atoms with Crippen LogP contribution in [-0.4, -0.2) is 34.7 Å². The number of pyridine rings is 1. The van der Waals surface area contributed by atoms with Crippen LogP contribution in [0.25, 0.3) is 0 Å². The van der Waals surface area contributed by atoms with Gasteiger partial charge in [-0.15, -0.1) is 0 Å². The van der Waals surface area contributed by atoms with Crippen molar-refractivity contribution in [3.05, 3.63) is 28.7 Å². The Hall–Kier alpha value is -2.31. The van der Waals surface area contributed by atoms with Crippen LogP contribution in [0.2, 0.25) is 0 Å². The van der Waals surface area contributed by atoms with Gasteiger partial charge in [-0.25, -0.2) is 4.79 Å². The van der Waals surface area contributed by atoms with Crippen LogP contribution in [0, 0.1) is 5.92 Å². The van der Waals surface area contributed by atoms with Crippen molar-refractivity contribution >= 4 is 11.9 Å². The third-order valence-corrected chi connectivity index (χ3v) is 2.78. The van der Waals surface area contributed by atoms with Gasteiger partial charge in [-0.05, 0) is 25.0 Å². The molecule has 0 saturated carbocycles. The van der Waals surface area contributed by atoms with Gasteiger partial charge in [-0.3, -0.25) is 14.2 Å². The Balaban J connectivity index is 2.73. The summed E-state index contributed by atoms with van der Waals surface area (Å²) in [4.78, 5) is 34.5. The van der Waals surface area contributed by atoms with Crippen molar-refractivity contribution in [1.29, 1.82) is 0 Å². The number of amides is 1. The predicted molar refractivity (Wildman–Crippen MR) is 76.4 cm³/mol. The number of carboxylic acid groups (broad SMARTS) is 1. The highest BCUT2D eigenvalue weighted by Crippen LogP contribution is 2.07. The Bertz CT molecular complexity index is 565. The highest BCUT2D eigenvalue weighted by atomic mass is 16.5. The van der Waals surface area contributed by atoms with Crippen molar-refractivity contribution in [3.63, 3.8) is 0 Å². The van der Waals surface area contributed by atoms with Crippen molar-refractivity contribution in [3.8, 4) is 5.75 Å². The second-order valence-corrected chi connectivity index (χ2v) is 5.09. The molecule has 1 rings (SSSR count). The smallest absolute Gasteiger partial charge is 0.326 e. The molecule has 0 aliphatic heterocycles. The first-order valence-electron chi connectivity index (χ1n) is 6.66. The van der Waals surface area contributed by atoms with E-state index in [1.165, 1.54) is 25.3 Å². The lowest BCUT2D eigenvalue weighted by molar-refractivity contribution is -0.140. The molecular weight excluding hydrogens is 276 g/mol. The Kier molecular flexibility index (Phi) is 5.95. The van der Waals surface area contributed by atoms with E-state index in [9.17, 15) is 14.4 Å². The van der Waals surface area contributed by atoms with Gasteiger partial charge in [0.15, 0.2) is 12.4 Å². The maximum atomic E-state index is 12.0. The molecule has 0 aliphatic rings. The topological polar surface area (TPSA) is 97.6 Å². The summed E-state index contributed by atoms with van der Waals surface area (Å²) in [5.41, 5.74) is -0.580. The number of nitrogens with one attached hydrogen (secondary N) is 1. The summed E-state index contributed by atoms with van der Waals surface area (Å²) in [6, 6.07) is 1.90. The molecule has 1 amide bonds. The van der Waals surface area contributed by atoms with Crippen LogP contribution in [0.3, 0.4) is 0 Å². The van der Waals surface area contributed by atoms with Crippen LogP contribution in [0.1, 0.15) is 26.8 Å². The van der Waals surface area contributed by atoms with Gasteiger partial charge in [0.25, 0.3) is 11.5 Å². The molecule has 0 spiro atoms. The maximum absolute atomic E-state index is 12.0. The summed E-state index contributed by atoms with van der Waals surface area (Å²) in [6.45, 7) is 5.56. The summed E-state index contributed by atoms with van der Waals surface area (Å²) >= 11 is 0. The third-order valence-electron chi connectivity index (χ3n) is 2.78. The summed E-state index contributed by atoms with van der Waals surface area (Å²) in [5, 5.41) is 11.6. The minimum atomic E-state index is -1.12. The van der Waals surface area contributed by atoms with Crippen LogP contribution in [-0.2, 0) is 9.59 Å². The molecule has 0 radical (unpaired) electrons. The fourth-order valence-electron chi connectivity index (χ4n) is 1.54. The van der Waals surface area contributed by atoms with Crippen LogP contribution in [0.15, 0.2) is 23.1 Å². The molecule has 0 aromatic carbocycles. The number of hydrogen-bond donors (Lipinski definition) is 2. The van der Waals surface area contributed by atoms with Gasteiger partial charge in [0.2, 0.25) is 0 Å². The summed E-state index contributed by atoms with van der Waals surface area (Å²) in [6.07, 6.45) is 1.37. The van der Waals surface area contributed by atoms with E-state index < -0.39 is 17.6 Å². The zero-order chi connectivity index (χ0) is 16.0. The van der Waals surface area contributed by atoms with Crippen molar-refractivity contribution < 1.29 is 19.4 Å². The van der Waals surface area contributed by atoms with E-state index >= 15 is 0 Å². The van der Waals surface area contributed by atoms with Gasteiger partial charge in [-0.1, -0.05) is 13.8 Å². The minimum Gasteiger partial charge on any atom is -0.480 e. The summed E-state index contributed by atoms with van der Waals surface area (Å²) in [5.74, 6) is -1.18. The van der Waals surface area contributed by atoms with Crippen LogP contribution in [0.5, 0.6) is 5.75 Å². The van der Waals surface area contributed by atoms with E-state index in [1.54, 1.807) is 0 Å². The number of aliphatic carboxylic acids is 1. The SMILES string of the molecule is CC(C)CNC(=O)COc1cccn(C(C)C(=O)O)c1=O. The number of carboxylic acids is 1. The first-order chi connectivity index (χ1) is 9.82. The molecule has 7 nitrogen and oxygen atoms in total. The second kappa shape index (κ2) is 7.47. The number of hydrogen-bond acceptors (Lipinski definition) is 4. The van der Waals surface area contributed by atoms with E-state index in [4.69, 9.17) is 9.84 Å². The number of carbonyl (C=O) groups excluding carboxylic acids is 1. The molecule has 1 unspecified atom stereocenters. The average Bonchev–Trinajstić information content (AvgIpc) is 2.43. The lowest BCUT2D eigenvalue weighted by Gasteiger charge is -2.13. The number of aromatic nitrogens is 1. The van der Waals surface area contributed by atoms with E-state index in [1.807, 2.05) is 13.8 Å². The van der Waals surface area contributed by atoms with Crippen molar-refractivity contribution in [1.82, 2.24) is 9.88 Å². The molecule has 0 fully saturated rings. The molecule has 2 N–H and O–H groups in total. The monoisotopic (exact) mass is 296 g/mol. The fraction of sp³-hybridized carbons (Fsp3) is 0.500. The molecule has 1 aromatic heterocycles. The van der Waals surface area contributed by atoms with E-state index in [-0.39, 0.29) is 18.3 Å². The number of ether oxygens (including phenoxy) is 1. The first kappa shape index (κ1) is 16.7. The Morgan fingerprint density at radius 2 is 2.05 bits per heavy atom. The van der Waals surface area contributed by atoms with E-state index in [2.05, 4.69) is 5.32 Å². The van der Waals surface area contributed by atoms with Crippen molar-refractivity contribution in [2.75, 3.05) is 13.2 Å². The molecule has 116 valence electrons. The van der Waals surface area contributed by atoms with Gasteiger partial charge < -0.3 is 15.2 Å². The van der Waals surface area contributed by atoms with Crippen molar-refractivity contribution in [2.24, 2.45) is 5.92 Å². The Morgan fingerprint density at radius 3 is 2.62 bits per heavy atom. The van der Waals surface area contributed by atoms with E-state index in [0.717, 1.165) is 4.57 Å². The van der Waals surface area contributed by atoms with Gasteiger partial charge in [-0.2, -0.15) is 0 Å². The molecule has 0 bridgehead atoms. The summed E-state index contributed by atoms with van der Waals surface area (Å²) in [7, 11) is 0. The first-order valence-corrected chi connectivity index (χ1v) is 6.66. The molecule has 7 heteroatoms. The highest BCUT2D eigenvalue weighted by molar-refractivity contribution is 5.77. The molecule has 1 atom stereocenters. The highest BCUT2D eigenvalue weighted by Gasteiger charge is 2.16. The quantitative estimate of drug-likeness (QED) is 0.769. The minimum absolute atomic E-state index is 0.0507. The van der Waals surface area contributed by atoms with Crippen molar-refractivity contribution in [2.45, 2.75) is 26.8 Å². The molecule has 21 heavy (non-hydrogen) atoms. The fourth-order valence-corrected chi connectivity index (χ4v) is 1.54. The van der Waals surface area contributed by atoms with Crippen LogP contribution < -0.4 is 15.6 Å². The Morgan fingerprint density at radius 1 is 1.38 bits per heavy atom. The lowest BCUT2D eigenvalue weighted by Crippen LogP contribution is -2.33. The average molecular weight is 296 g/mol. The standard InChI is InChI=1S/C14H20N2O5/c1-9(2)7-15-12(17)8-21-11-5-4-6-16(13(11)18)10(3)14(19)20/h4-6,9-10H,7-8H2,1-3H3,(H,15,17)(H,19,20). The van der Waals surface area contributed by atoms with Crippen LogP contribution in [0.4, 0.5) is 0 Å². The largest absolute Gasteiger partial charge is 0.480 e. The normalized spacial score (nSPS) is 12.0. The zero-order valence-corrected chi connectivity index (χ0v) is 12.3. The summed E-state index contributed by atoms with van der Waals surface area (Å²) < 4.78 is 6.21. The maximum Gasteiger partial charge on any atom is 0.326 e. The predicted octanol–water partition coefficient (Wildman–Crippen LogP) is 0.645.